The molecule has 0 aliphatic rings. The SMILES string of the molecule is CC(C)C(N)CCN(C)C(=O)c1cc2ccccc2c2cccnc12. The zero-order chi connectivity index (χ0) is 18.0. The molecule has 0 aliphatic carbocycles. The molecule has 0 bridgehead atoms. The molecule has 2 aromatic carbocycles. The highest BCUT2D eigenvalue weighted by Crippen LogP contribution is 2.28. The smallest absolute Gasteiger partial charge is 0.255 e. The molecule has 1 unspecified atom stereocenters. The van der Waals surface area contributed by atoms with Gasteiger partial charge in [-0.1, -0.05) is 44.2 Å². The molecule has 2 N–H and O–H groups in total. The van der Waals surface area contributed by atoms with E-state index < -0.39 is 0 Å². The van der Waals surface area contributed by atoms with Crippen LogP contribution >= 0.6 is 0 Å². The fourth-order valence-electron chi connectivity index (χ4n) is 3.08. The molecule has 4 nitrogen and oxygen atoms in total. The largest absolute Gasteiger partial charge is 0.342 e. The molecule has 1 heterocycles. The zero-order valence-electron chi connectivity index (χ0n) is 15.1. The number of pyridine rings is 1. The summed E-state index contributed by atoms with van der Waals surface area (Å²) in [6, 6.07) is 14.1. The summed E-state index contributed by atoms with van der Waals surface area (Å²) in [7, 11) is 1.83. The first-order valence-corrected chi connectivity index (χ1v) is 8.76. The van der Waals surface area contributed by atoms with Crippen molar-refractivity contribution in [3.63, 3.8) is 0 Å². The van der Waals surface area contributed by atoms with Crippen LogP contribution in [0.4, 0.5) is 0 Å². The van der Waals surface area contributed by atoms with Gasteiger partial charge in [0.05, 0.1) is 11.1 Å². The van der Waals surface area contributed by atoms with Gasteiger partial charge < -0.3 is 10.6 Å². The maximum absolute atomic E-state index is 13.0. The fourth-order valence-corrected chi connectivity index (χ4v) is 3.08. The third-order valence-corrected chi connectivity index (χ3v) is 4.84. The van der Waals surface area contributed by atoms with Gasteiger partial charge in [0.15, 0.2) is 0 Å². The fraction of sp³-hybridized carbons (Fsp3) is 0.333. The lowest BCUT2D eigenvalue weighted by molar-refractivity contribution is 0.0791. The predicted octanol–water partition coefficient (Wildman–Crippen LogP) is 3.83. The Morgan fingerprint density at radius 1 is 1.16 bits per heavy atom. The number of fused-ring (bicyclic) bond motifs is 3. The maximum atomic E-state index is 13.0. The van der Waals surface area contributed by atoms with Crippen LogP contribution in [0.3, 0.4) is 0 Å². The molecular weight excluding hydrogens is 310 g/mol. The van der Waals surface area contributed by atoms with E-state index >= 15 is 0 Å². The van der Waals surface area contributed by atoms with Gasteiger partial charge in [0.25, 0.3) is 5.91 Å². The summed E-state index contributed by atoms with van der Waals surface area (Å²) < 4.78 is 0. The van der Waals surface area contributed by atoms with Gasteiger partial charge in [-0.3, -0.25) is 9.78 Å². The van der Waals surface area contributed by atoms with E-state index in [1.807, 2.05) is 43.4 Å². The highest BCUT2D eigenvalue weighted by Gasteiger charge is 2.18. The Hall–Kier alpha value is -2.46. The normalized spacial score (nSPS) is 12.7. The number of rotatable bonds is 5. The Morgan fingerprint density at radius 2 is 1.88 bits per heavy atom. The molecule has 0 saturated heterocycles. The summed E-state index contributed by atoms with van der Waals surface area (Å²) >= 11 is 0. The summed E-state index contributed by atoms with van der Waals surface area (Å²) in [5.74, 6) is 0.400. The van der Waals surface area contributed by atoms with Crippen molar-refractivity contribution in [3.05, 3.63) is 54.2 Å². The zero-order valence-corrected chi connectivity index (χ0v) is 15.1. The number of hydrogen-bond acceptors (Lipinski definition) is 3. The van der Waals surface area contributed by atoms with Gasteiger partial charge in [0, 0.05) is 31.2 Å². The van der Waals surface area contributed by atoms with Crippen molar-refractivity contribution in [2.45, 2.75) is 26.3 Å². The average molecular weight is 335 g/mol. The van der Waals surface area contributed by atoms with E-state index in [1.54, 1.807) is 11.1 Å². The minimum atomic E-state index is -0.00888. The number of carbonyl (C=O) groups excluding carboxylic acids is 1. The van der Waals surface area contributed by atoms with Gasteiger partial charge in [-0.05, 0) is 35.2 Å². The molecule has 25 heavy (non-hydrogen) atoms. The van der Waals surface area contributed by atoms with E-state index in [1.165, 1.54) is 0 Å². The number of amides is 1. The summed E-state index contributed by atoms with van der Waals surface area (Å²) in [6.07, 6.45) is 2.53. The molecule has 0 aliphatic heterocycles. The Kier molecular flexibility index (Phi) is 5.00. The van der Waals surface area contributed by atoms with Gasteiger partial charge in [-0.15, -0.1) is 0 Å². The van der Waals surface area contributed by atoms with Crippen LogP contribution in [0.2, 0.25) is 0 Å². The van der Waals surface area contributed by atoms with Crippen molar-refractivity contribution in [1.29, 1.82) is 0 Å². The third kappa shape index (κ3) is 3.49. The van der Waals surface area contributed by atoms with Gasteiger partial charge in [0.2, 0.25) is 0 Å². The lowest BCUT2D eigenvalue weighted by Crippen LogP contribution is -2.34. The first kappa shape index (κ1) is 17.4. The summed E-state index contributed by atoms with van der Waals surface area (Å²) in [4.78, 5) is 19.3. The second-order valence-corrected chi connectivity index (χ2v) is 6.97. The third-order valence-electron chi connectivity index (χ3n) is 4.84. The molecule has 4 heteroatoms. The van der Waals surface area contributed by atoms with Crippen LogP contribution in [-0.2, 0) is 0 Å². The number of benzene rings is 2. The molecule has 0 fully saturated rings. The summed E-state index contributed by atoms with van der Waals surface area (Å²) in [5, 5.41) is 3.18. The van der Waals surface area contributed by atoms with Crippen LogP contribution in [0.25, 0.3) is 21.7 Å². The molecule has 1 amide bonds. The molecule has 130 valence electrons. The quantitative estimate of drug-likeness (QED) is 0.721. The van der Waals surface area contributed by atoms with E-state index in [0.29, 0.717) is 18.0 Å². The lowest BCUT2D eigenvalue weighted by Gasteiger charge is -2.22. The van der Waals surface area contributed by atoms with Crippen LogP contribution in [0.15, 0.2) is 48.7 Å². The van der Waals surface area contributed by atoms with E-state index in [0.717, 1.165) is 28.1 Å². The van der Waals surface area contributed by atoms with Crippen LogP contribution in [-0.4, -0.2) is 35.4 Å². The Bertz CT molecular complexity index is 904. The van der Waals surface area contributed by atoms with Crippen molar-refractivity contribution >= 4 is 27.6 Å². The van der Waals surface area contributed by atoms with Crippen LogP contribution in [0.5, 0.6) is 0 Å². The monoisotopic (exact) mass is 335 g/mol. The average Bonchev–Trinajstić information content (AvgIpc) is 2.64. The highest BCUT2D eigenvalue weighted by molar-refractivity contribution is 6.15. The van der Waals surface area contributed by atoms with E-state index in [2.05, 4.69) is 24.9 Å². The van der Waals surface area contributed by atoms with Crippen molar-refractivity contribution in [3.8, 4) is 0 Å². The lowest BCUT2D eigenvalue weighted by atomic mass is 9.99. The van der Waals surface area contributed by atoms with Gasteiger partial charge in [-0.25, -0.2) is 0 Å². The molecule has 1 atom stereocenters. The Labute approximate surface area is 148 Å². The summed E-state index contributed by atoms with van der Waals surface area (Å²) in [6.45, 7) is 4.85. The topological polar surface area (TPSA) is 59.2 Å². The van der Waals surface area contributed by atoms with Crippen molar-refractivity contribution in [2.24, 2.45) is 11.7 Å². The second kappa shape index (κ2) is 7.19. The summed E-state index contributed by atoms with van der Waals surface area (Å²) in [5.41, 5.74) is 7.52. The van der Waals surface area contributed by atoms with Crippen molar-refractivity contribution in [1.82, 2.24) is 9.88 Å². The minimum absolute atomic E-state index is 0.00888. The number of nitrogens with zero attached hydrogens (tertiary/aromatic N) is 2. The van der Waals surface area contributed by atoms with Crippen LogP contribution < -0.4 is 5.73 Å². The number of nitrogens with two attached hydrogens (primary N) is 1. The Balaban J connectivity index is 1.97. The Morgan fingerprint density at radius 3 is 2.64 bits per heavy atom. The molecule has 0 saturated carbocycles. The first-order chi connectivity index (χ1) is 12.0. The van der Waals surface area contributed by atoms with Crippen LogP contribution in [0, 0.1) is 5.92 Å². The number of hydrogen-bond donors (Lipinski definition) is 1. The molecular formula is C21H25N3O. The van der Waals surface area contributed by atoms with Crippen molar-refractivity contribution in [2.75, 3.05) is 13.6 Å². The maximum Gasteiger partial charge on any atom is 0.255 e. The second-order valence-electron chi connectivity index (χ2n) is 6.97. The highest BCUT2D eigenvalue weighted by atomic mass is 16.2. The van der Waals surface area contributed by atoms with E-state index in [9.17, 15) is 4.79 Å². The van der Waals surface area contributed by atoms with Gasteiger partial charge in [0.1, 0.15) is 0 Å². The predicted molar refractivity (Wildman–Crippen MR) is 104 cm³/mol. The molecule has 3 aromatic rings. The minimum Gasteiger partial charge on any atom is -0.342 e. The van der Waals surface area contributed by atoms with E-state index in [4.69, 9.17) is 5.73 Å². The molecule has 1 aromatic heterocycles. The van der Waals surface area contributed by atoms with Gasteiger partial charge >= 0.3 is 0 Å². The molecule has 3 rings (SSSR count). The number of carbonyl (C=O) groups is 1. The van der Waals surface area contributed by atoms with Gasteiger partial charge in [-0.2, -0.15) is 0 Å². The molecule has 0 radical (unpaired) electrons. The standard InChI is InChI=1S/C21H25N3O/c1-14(2)19(22)10-12-24(3)21(25)18-13-15-7-4-5-8-16(15)17-9-6-11-23-20(17)18/h4-9,11,13-14,19H,10,12,22H2,1-3H3. The van der Waals surface area contributed by atoms with E-state index in [-0.39, 0.29) is 11.9 Å². The molecule has 0 spiro atoms. The first-order valence-electron chi connectivity index (χ1n) is 8.76. The van der Waals surface area contributed by atoms with Crippen molar-refractivity contribution < 1.29 is 4.79 Å². The van der Waals surface area contributed by atoms with Crippen LogP contribution in [0.1, 0.15) is 30.6 Å². The number of aromatic nitrogens is 1.